The standard InChI is InChI=1S/C14H11ClFN3/c1-8-2-4-10(15)12(6-8)19-13-7-9(16)3-5-11(13)18-14(19)17/h2-7H,1H3,(H2,17,18). The monoisotopic (exact) mass is 275 g/mol. The van der Waals surface area contributed by atoms with E-state index in [-0.39, 0.29) is 11.8 Å². The first-order valence-electron chi connectivity index (χ1n) is 5.76. The zero-order valence-electron chi connectivity index (χ0n) is 10.2. The molecule has 0 saturated heterocycles. The lowest BCUT2D eigenvalue weighted by Crippen LogP contribution is -2.01. The number of rotatable bonds is 1. The number of imidazole rings is 1. The van der Waals surface area contributed by atoms with E-state index in [4.69, 9.17) is 17.3 Å². The Hall–Kier alpha value is -2.07. The van der Waals surface area contributed by atoms with Crippen LogP contribution in [0, 0.1) is 12.7 Å². The molecule has 0 unspecified atom stereocenters. The molecular formula is C14H11ClFN3. The maximum absolute atomic E-state index is 13.4. The molecule has 0 aliphatic carbocycles. The number of anilines is 1. The van der Waals surface area contributed by atoms with E-state index in [2.05, 4.69) is 4.98 Å². The Morgan fingerprint density at radius 1 is 1.21 bits per heavy atom. The summed E-state index contributed by atoms with van der Waals surface area (Å²) in [4.78, 5) is 4.22. The van der Waals surface area contributed by atoms with Crippen LogP contribution in [0.5, 0.6) is 0 Å². The second-order valence-electron chi connectivity index (χ2n) is 4.39. The predicted molar refractivity (Wildman–Crippen MR) is 75.2 cm³/mol. The summed E-state index contributed by atoms with van der Waals surface area (Å²) in [7, 11) is 0. The van der Waals surface area contributed by atoms with Gasteiger partial charge in [-0.2, -0.15) is 0 Å². The molecule has 0 spiro atoms. The lowest BCUT2D eigenvalue weighted by Gasteiger charge is -2.09. The fourth-order valence-corrected chi connectivity index (χ4v) is 2.32. The molecule has 0 fully saturated rings. The number of halogens is 2. The summed E-state index contributed by atoms with van der Waals surface area (Å²) in [6.45, 7) is 1.95. The lowest BCUT2D eigenvalue weighted by atomic mass is 10.2. The third kappa shape index (κ3) is 1.94. The van der Waals surface area contributed by atoms with Crippen LogP contribution in [-0.4, -0.2) is 9.55 Å². The Bertz CT molecular complexity index is 780. The van der Waals surface area contributed by atoms with Crippen molar-refractivity contribution >= 4 is 28.6 Å². The molecule has 0 aliphatic rings. The topological polar surface area (TPSA) is 43.8 Å². The molecule has 96 valence electrons. The molecule has 1 heterocycles. The quantitative estimate of drug-likeness (QED) is 0.736. The van der Waals surface area contributed by atoms with E-state index < -0.39 is 0 Å². The highest BCUT2D eigenvalue weighted by molar-refractivity contribution is 6.32. The van der Waals surface area contributed by atoms with Crippen LogP contribution in [-0.2, 0) is 0 Å². The van der Waals surface area contributed by atoms with Crippen molar-refractivity contribution in [2.24, 2.45) is 0 Å². The first-order valence-corrected chi connectivity index (χ1v) is 6.14. The van der Waals surface area contributed by atoms with Crippen molar-refractivity contribution in [1.82, 2.24) is 9.55 Å². The number of hydrogen-bond acceptors (Lipinski definition) is 2. The average Bonchev–Trinajstić information content (AvgIpc) is 2.68. The number of nitrogen functional groups attached to an aromatic ring is 1. The van der Waals surface area contributed by atoms with Crippen molar-refractivity contribution in [3.05, 3.63) is 52.8 Å². The van der Waals surface area contributed by atoms with Crippen molar-refractivity contribution in [3.63, 3.8) is 0 Å². The van der Waals surface area contributed by atoms with Crippen molar-refractivity contribution in [3.8, 4) is 5.69 Å². The van der Waals surface area contributed by atoms with Gasteiger partial charge in [-0.15, -0.1) is 0 Å². The van der Waals surface area contributed by atoms with Crippen LogP contribution < -0.4 is 5.73 Å². The molecule has 0 bridgehead atoms. The summed E-state index contributed by atoms with van der Waals surface area (Å²) in [6.07, 6.45) is 0. The minimum atomic E-state index is -0.336. The summed E-state index contributed by atoms with van der Waals surface area (Å²) in [5, 5.41) is 0.542. The predicted octanol–water partition coefficient (Wildman–Crippen LogP) is 3.71. The molecule has 1 aromatic heterocycles. The van der Waals surface area contributed by atoms with Crippen LogP contribution in [0.25, 0.3) is 16.7 Å². The summed E-state index contributed by atoms with van der Waals surface area (Å²) in [6, 6.07) is 9.94. The summed E-state index contributed by atoms with van der Waals surface area (Å²) < 4.78 is 15.1. The highest BCUT2D eigenvalue weighted by Gasteiger charge is 2.13. The van der Waals surface area contributed by atoms with Gasteiger partial charge in [-0.3, -0.25) is 4.57 Å². The molecule has 3 aromatic rings. The molecule has 0 saturated carbocycles. The number of fused-ring (bicyclic) bond motifs is 1. The zero-order chi connectivity index (χ0) is 13.6. The first kappa shape index (κ1) is 12.0. The molecule has 5 heteroatoms. The summed E-state index contributed by atoms with van der Waals surface area (Å²) in [5.41, 5.74) is 8.90. The summed E-state index contributed by atoms with van der Waals surface area (Å²) in [5.74, 6) is -0.0504. The molecule has 0 atom stereocenters. The van der Waals surface area contributed by atoms with Crippen LogP contribution in [0.4, 0.5) is 10.3 Å². The van der Waals surface area contributed by atoms with E-state index in [1.54, 1.807) is 16.7 Å². The second-order valence-corrected chi connectivity index (χ2v) is 4.80. The van der Waals surface area contributed by atoms with Gasteiger partial charge in [-0.1, -0.05) is 17.7 Å². The first-order chi connectivity index (χ1) is 9.06. The zero-order valence-corrected chi connectivity index (χ0v) is 10.9. The number of nitrogens with zero attached hydrogens (tertiary/aromatic N) is 2. The Morgan fingerprint density at radius 2 is 2.00 bits per heavy atom. The SMILES string of the molecule is Cc1ccc(Cl)c(-n2c(N)nc3ccc(F)cc32)c1. The van der Waals surface area contributed by atoms with E-state index in [1.165, 1.54) is 12.1 Å². The maximum Gasteiger partial charge on any atom is 0.205 e. The van der Waals surface area contributed by atoms with Crippen LogP contribution >= 0.6 is 11.6 Å². The van der Waals surface area contributed by atoms with Gasteiger partial charge in [0.05, 0.1) is 21.7 Å². The van der Waals surface area contributed by atoms with Gasteiger partial charge in [-0.25, -0.2) is 9.37 Å². The number of aryl methyl sites for hydroxylation is 1. The van der Waals surface area contributed by atoms with Crippen LogP contribution in [0.2, 0.25) is 5.02 Å². The van der Waals surface area contributed by atoms with E-state index >= 15 is 0 Å². The van der Waals surface area contributed by atoms with Crippen LogP contribution in [0.1, 0.15) is 5.56 Å². The van der Waals surface area contributed by atoms with Crippen LogP contribution in [0.15, 0.2) is 36.4 Å². The highest BCUT2D eigenvalue weighted by Crippen LogP contribution is 2.29. The third-order valence-corrected chi connectivity index (χ3v) is 3.30. The molecule has 2 N–H and O–H groups in total. The molecule has 3 nitrogen and oxygen atoms in total. The minimum Gasteiger partial charge on any atom is -0.369 e. The molecule has 3 rings (SSSR count). The van der Waals surface area contributed by atoms with Crippen LogP contribution in [0.3, 0.4) is 0 Å². The Morgan fingerprint density at radius 3 is 2.79 bits per heavy atom. The van der Waals surface area contributed by atoms with Gasteiger partial charge < -0.3 is 5.73 Å². The molecule has 19 heavy (non-hydrogen) atoms. The normalized spacial score (nSPS) is 11.1. The van der Waals surface area contributed by atoms with Crippen molar-refractivity contribution in [1.29, 1.82) is 0 Å². The lowest BCUT2D eigenvalue weighted by molar-refractivity contribution is 0.629. The van der Waals surface area contributed by atoms with E-state index in [0.29, 0.717) is 21.7 Å². The van der Waals surface area contributed by atoms with Gasteiger partial charge in [0.2, 0.25) is 5.95 Å². The fourth-order valence-electron chi connectivity index (χ4n) is 2.11. The number of aromatic nitrogens is 2. The Kier molecular flexibility index (Phi) is 2.68. The Balaban J connectivity index is 2.38. The van der Waals surface area contributed by atoms with Gasteiger partial charge in [0.25, 0.3) is 0 Å². The van der Waals surface area contributed by atoms with Gasteiger partial charge in [0.1, 0.15) is 5.82 Å². The molecular weight excluding hydrogens is 265 g/mol. The molecule has 2 aromatic carbocycles. The van der Waals surface area contributed by atoms with Gasteiger partial charge in [0.15, 0.2) is 0 Å². The maximum atomic E-state index is 13.4. The fraction of sp³-hybridized carbons (Fsp3) is 0.0714. The van der Waals surface area contributed by atoms with Gasteiger partial charge in [0, 0.05) is 6.07 Å². The second kappa shape index (κ2) is 4.24. The van der Waals surface area contributed by atoms with Gasteiger partial charge >= 0.3 is 0 Å². The van der Waals surface area contributed by atoms with Crippen molar-refractivity contribution in [2.45, 2.75) is 6.92 Å². The molecule has 0 radical (unpaired) electrons. The number of benzene rings is 2. The van der Waals surface area contributed by atoms with Crippen molar-refractivity contribution < 1.29 is 4.39 Å². The molecule has 0 aliphatic heterocycles. The third-order valence-electron chi connectivity index (χ3n) is 2.99. The smallest absolute Gasteiger partial charge is 0.205 e. The van der Waals surface area contributed by atoms with E-state index in [1.807, 2.05) is 19.1 Å². The minimum absolute atomic E-state index is 0.285. The Labute approximate surface area is 114 Å². The van der Waals surface area contributed by atoms with Gasteiger partial charge in [-0.05, 0) is 36.8 Å². The largest absolute Gasteiger partial charge is 0.369 e. The van der Waals surface area contributed by atoms with E-state index in [9.17, 15) is 4.39 Å². The number of nitrogens with two attached hydrogens (primary N) is 1. The average molecular weight is 276 g/mol. The summed E-state index contributed by atoms with van der Waals surface area (Å²) >= 11 is 6.20. The molecule has 0 amide bonds. The van der Waals surface area contributed by atoms with E-state index in [0.717, 1.165) is 5.56 Å². The number of hydrogen-bond donors (Lipinski definition) is 1. The highest BCUT2D eigenvalue weighted by atomic mass is 35.5. The van der Waals surface area contributed by atoms with Crippen molar-refractivity contribution in [2.75, 3.05) is 5.73 Å².